The molecule has 2 heterocycles. The number of thiazole rings is 1. The number of hydrogen-bond donors (Lipinski definition) is 1. The van der Waals surface area contributed by atoms with Crippen LogP contribution in [0.4, 0.5) is 13.2 Å². The fourth-order valence-electron chi connectivity index (χ4n) is 1.85. The van der Waals surface area contributed by atoms with E-state index in [4.69, 9.17) is 0 Å². The lowest BCUT2D eigenvalue weighted by molar-refractivity contribution is -0.137. The molecule has 2 aromatic rings. The maximum atomic E-state index is 12.6. The van der Waals surface area contributed by atoms with E-state index in [2.05, 4.69) is 10.3 Å². The molecule has 0 amide bonds. The van der Waals surface area contributed by atoms with Gasteiger partial charge < -0.3 is 5.32 Å². The molecule has 0 aliphatic rings. The molecule has 0 spiro atoms. The van der Waals surface area contributed by atoms with Crippen LogP contribution in [0, 0.1) is 0 Å². The number of hydrogen-bond acceptors (Lipinski definition) is 4. The highest BCUT2D eigenvalue weighted by Crippen LogP contribution is 2.37. The molecule has 1 unspecified atom stereocenters. The third-order valence-corrected chi connectivity index (χ3v) is 4.89. The first-order valence-electron chi connectivity index (χ1n) is 5.73. The van der Waals surface area contributed by atoms with Crippen LogP contribution in [-0.4, -0.2) is 12.0 Å². The van der Waals surface area contributed by atoms with Crippen molar-refractivity contribution in [1.29, 1.82) is 0 Å². The van der Waals surface area contributed by atoms with Crippen molar-refractivity contribution in [3.05, 3.63) is 38.0 Å². The molecule has 0 aromatic carbocycles. The van der Waals surface area contributed by atoms with Crippen LogP contribution in [0.1, 0.15) is 33.3 Å². The van der Waals surface area contributed by atoms with Crippen LogP contribution in [0.15, 0.2) is 17.6 Å². The lowest BCUT2D eigenvalue weighted by atomic mass is 10.1. The van der Waals surface area contributed by atoms with Crippen LogP contribution in [0.2, 0.25) is 0 Å². The summed E-state index contributed by atoms with van der Waals surface area (Å²) >= 11 is 2.25. The predicted molar refractivity (Wildman–Crippen MR) is 71.7 cm³/mol. The van der Waals surface area contributed by atoms with E-state index in [0.717, 1.165) is 16.9 Å². The van der Waals surface area contributed by atoms with Gasteiger partial charge in [-0.3, -0.25) is 0 Å². The fourth-order valence-corrected chi connectivity index (χ4v) is 3.95. The zero-order valence-corrected chi connectivity index (χ0v) is 12.0. The minimum Gasteiger partial charge on any atom is -0.308 e. The van der Waals surface area contributed by atoms with Gasteiger partial charge in [-0.15, -0.1) is 22.7 Å². The number of alkyl halides is 3. The number of nitrogens with one attached hydrogen (secondary N) is 1. The van der Waals surface area contributed by atoms with Crippen molar-refractivity contribution >= 4 is 22.7 Å². The van der Waals surface area contributed by atoms with Gasteiger partial charge in [-0.1, -0.05) is 6.92 Å². The summed E-state index contributed by atoms with van der Waals surface area (Å²) in [7, 11) is 1.75. The highest BCUT2D eigenvalue weighted by atomic mass is 32.1. The summed E-state index contributed by atoms with van der Waals surface area (Å²) < 4.78 is 37.8. The number of rotatable bonds is 4. The number of halogens is 3. The first-order chi connectivity index (χ1) is 8.97. The van der Waals surface area contributed by atoms with E-state index < -0.39 is 11.2 Å². The van der Waals surface area contributed by atoms with E-state index in [1.165, 1.54) is 6.20 Å². The highest BCUT2D eigenvalue weighted by molar-refractivity contribution is 7.12. The first kappa shape index (κ1) is 14.5. The standard InChI is InChI=1S/C12H13F3N2S2/c1-3-7-4-5-18-10(7)9(16-2)8-6-17-11(19-8)12(13,14)15/h4-6,9,16H,3H2,1-2H3. The van der Waals surface area contributed by atoms with E-state index in [-0.39, 0.29) is 6.04 Å². The molecular formula is C12H13F3N2S2. The molecule has 0 aliphatic heterocycles. The Morgan fingerprint density at radius 3 is 2.68 bits per heavy atom. The third-order valence-electron chi connectivity index (χ3n) is 2.76. The second-order valence-electron chi connectivity index (χ2n) is 3.95. The normalized spacial score (nSPS) is 13.7. The Hall–Kier alpha value is -0.920. The fraction of sp³-hybridized carbons (Fsp3) is 0.417. The monoisotopic (exact) mass is 306 g/mol. The predicted octanol–water partition coefficient (Wildman–Crippen LogP) is 4.09. The Balaban J connectivity index is 2.35. The van der Waals surface area contributed by atoms with E-state index in [0.29, 0.717) is 16.2 Å². The van der Waals surface area contributed by atoms with Crippen LogP contribution in [0.3, 0.4) is 0 Å². The smallest absolute Gasteiger partial charge is 0.308 e. The Kier molecular flexibility index (Phi) is 4.27. The first-order valence-corrected chi connectivity index (χ1v) is 7.43. The van der Waals surface area contributed by atoms with Crippen LogP contribution in [-0.2, 0) is 12.6 Å². The second-order valence-corrected chi connectivity index (χ2v) is 5.96. The largest absolute Gasteiger partial charge is 0.443 e. The van der Waals surface area contributed by atoms with Gasteiger partial charge in [0.05, 0.1) is 6.04 Å². The summed E-state index contributed by atoms with van der Waals surface area (Å²) in [5, 5.41) is 4.24. The molecule has 2 rings (SSSR count). The molecule has 0 bridgehead atoms. The van der Waals surface area contributed by atoms with Gasteiger partial charge in [0.1, 0.15) is 0 Å². The number of aryl methyl sites for hydroxylation is 1. The minimum absolute atomic E-state index is 0.219. The minimum atomic E-state index is -4.37. The summed E-state index contributed by atoms with van der Waals surface area (Å²) in [6.07, 6.45) is -2.19. The molecule has 1 N–H and O–H groups in total. The highest BCUT2D eigenvalue weighted by Gasteiger charge is 2.35. The molecular weight excluding hydrogens is 293 g/mol. The van der Waals surface area contributed by atoms with Crippen LogP contribution >= 0.6 is 22.7 Å². The van der Waals surface area contributed by atoms with Gasteiger partial charge in [-0.25, -0.2) is 4.98 Å². The molecule has 1 atom stereocenters. The van der Waals surface area contributed by atoms with Crippen molar-refractivity contribution in [2.45, 2.75) is 25.6 Å². The average Bonchev–Trinajstić information content (AvgIpc) is 2.97. The molecule has 0 radical (unpaired) electrons. The van der Waals surface area contributed by atoms with Crippen LogP contribution < -0.4 is 5.32 Å². The van der Waals surface area contributed by atoms with Gasteiger partial charge >= 0.3 is 6.18 Å². The van der Waals surface area contributed by atoms with E-state index in [9.17, 15) is 13.2 Å². The zero-order chi connectivity index (χ0) is 14.0. The van der Waals surface area contributed by atoms with Crippen molar-refractivity contribution < 1.29 is 13.2 Å². The average molecular weight is 306 g/mol. The van der Waals surface area contributed by atoms with Gasteiger partial charge in [0.15, 0.2) is 5.01 Å². The van der Waals surface area contributed by atoms with Gasteiger partial charge in [0, 0.05) is 16.0 Å². The van der Waals surface area contributed by atoms with E-state index in [1.54, 1.807) is 18.4 Å². The Labute approximate surface area is 117 Å². The SMILES string of the molecule is CCc1ccsc1C(NC)c1cnc(C(F)(F)F)s1. The summed E-state index contributed by atoms with van der Waals surface area (Å²) in [5.41, 5.74) is 1.16. The maximum Gasteiger partial charge on any atom is 0.443 e. The Morgan fingerprint density at radius 1 is 1.42 bits per heavy atom. The van der Waals surface area contributed by atoms with E-state index in [1.807, 2.05) is 18.4 Å². The summed E-state index contributed by atoms with van der Waals surface area (Å²) in [6.45, 7) is 2.03. The number of aromatic nitrogens is 1. The Morgan fingerprint density at radius 2 is 2.16 bits per heavy atom. The summed E-state index contributed by atoms with van der Waals surface area (Å²) in [4.78, 5) is 5.13. The third kappa shape index (κ3) is 2.98. The molecule has 2 nitrogen and oxygen atoms in total. The maximum absolute atomic E-state index is 12.6. The molecule has 104 valence electrons. The molecule has 0 aliphatic carbocycles. The van der Waals surface area contributed by atoms with Gasteiger partial charge in [-0.05, 0) is 30.5 Å². The molecule has 0 saturated carbocycles. The lowest BCUT2D eigenvalue weighted by Gasteiger charge is -2.14. The van der Waals surface area contributed by atoms with Gasteiger partial charge in [0.2, 0.25) is 0 Å². The number of nitrogens with zero attached hydrogens (tertiary/aromatic N) is 1. The number of thiophene rings is 1. The molecule has 0 fully saturated rings. The van der Waals surface area contributed by atoms with Gasteiger partial charge in [0.25, 0.3) is 0 Å². The van der Waals surface area contributed by atoms with Crippen molar-refractivity contribution in [2.24, 2.45) is 0 Å². The molecule has 7 heteroatoms. The zero-order valence-electron chi connectivity index (χ0n) is 10.4. The van der Waals surface area contributed by atoms with Gasteiger partial charge in [-0.2, -0.15) is 13.2 Å². The quantitative estimate of drug-likeness (QED) is 0.920. The topological polar surface area (TPSA) is 24.9 Å². The summed E-state index contributed by atoms with van der Waals surface area (Å²) in [5.74, 6) is 0. The van der Waals surface area contributed by atoms with E-state index >= 15 is 0 Å². The molecule has 19 heavy (non-hydrogen) atoms. The van der Waals surface area contributed by atoms with Crippen molar-refractivity contribution in [3.8, 4) is 0 Å². The van der Waals surface area contributed by atoms with Crippen molar-refractivity contribution in [3.63, 3.8) is 0 Å². The summed E-state index contributed by atoms with van der Waals surface area (Å²) in [6, 6.07) is 1.79. The van der Waals surface area contributed by atoms with Crippen molar-refractivity contribution in [1.82, 2.24) is 10.3 Å². The van der Waals surface area contributed by atoms with Crippen LogP contribution in [0.25, 0.3) is 0 Å². The second kappa shape index (κ2) is 5.60. The van der Waals surface area contributed by atoms with Crippen LogP contribution in [0.5, 0.6) is 0 Å². The molecule has 2 aromatic heterocycles. The molecule has 0 saturated heterocycles. The lowest BCUT2D eigenvalue weighted by Crippen LogP contribution is -2.16. The van der Waals surface area contributed by atoms with Crippen molar-refractivity contribution in [2.75, 3.05) is 7.05 Å². The Bertz CT molecular complexity index is 545.